The Morgan fingerprint density at radius 2 is 1.88 bits per heavy atom. The van der Waals surface area contributed by atoms with Crippen molar-refractivity contribution in [3.05, 3.63) is 59.5 Å². The highest BCUT2D eigenvalue weighted by molar-refractivity contribution is 7.14. The minimum atomic E-state index is 0.674. The third-order valence-corrected chi connectivity index (χ3v) is 4.47. The van der Waals surface area contributed by atoms with Crippen LogP contribution in [-0.2, 0) is 0 Å². The molecule has 0 bridgehead atoms. The van der Waals surface area contributed by atoms with Gasteiger partial charge < -0.3 is 9.47 Å². The van der Waals surface area contributed by atoms with Gasteiger partial charge in [0.2, 0.25) is 5.13 Å². The van der Waals surface area contributed by atoms with Gasteiger partial charge in [0.25, 0.3) is 0 Å². The highest BCUT2D eigenvalue weighted by Crippen LogP contribution is 2.30. The van der Waals surface area contributed by atoms with E-state index in [9.17, 15) is 0 Å². The number of rotatable bonds is 4. The van der Waals surface area contributed by atoms with Crippen molar-refractivity contribution in [1.82, 2.24) is 4.98 Å². The van der Waals surface area contributed by atoms with Crippen LogP contribution in [0.5, 0.6) is 11.5 Å². The number of aromatic nitrogens is 1. The molecule has 2 heterocycles. The Morgan fingerprint density at radius 3 is 2.76 bits per heavy atom. The molecule has 25 heavy (non-hydrogen) atoms. The van der Waals surface area contributed by atoms with Gasteiger partial charge in [0.15, 0.2) is 11.5 Å². The summed E-state index contributed by atoms with van der Waals surface area (Å²) in [6, 6.07) is 15.9. The lowest BCUT2D eigenvalue weighted by molar-refractivity contribution is 0.297. The van der Waals surface area contributed by atoms with Crippen molar-refractivity contribution in [3.63, 3.8) is 0 Å². The summed E-state index contributed by atoms with van der Waals surface area (Å²) in [5, 5.41) is 7.04. The number of nitrogens with zero attached hydrogens (tertiary/aromatic N) is 2. The summed E-state index contributed by atoms with van der Waals surface area (Å²) in [6.45, 7) is 1.36. The Morgan fingerprint density at radius 1 is 1.04 bits per heavy atom. The van der Waals surface area contributed by atoms with E-state index in [1.807, 2.05) is 53.9 Å². The molecular weight excluding hydrogens is 334 g/mol. The van der Waals surface area contributed by atoms with Crippen molar-refractivity contribution >= 4 is 22.7 Å². The molecule has 1 aliphatic rings. The van der Waals surface area contributed by atoms with Crippen LogP contribution in [0.25, 0.3) is 11.3 Å². The summed E-state index contributed by atoms with van der Waals surface area (Å²) >= 11 is 1.52. The molecule has 0 saturated carbocycles. The van der Waals surface area contributed by atoms with E-state index in [1.54, 1.807) is 6.21 Å². The zero-order valence-electron chi connectivity index (χ0n) is 13.5. The number of hydrogen-bond donors (Lipinski definition) is 1. The number of hydrazone groups is 1. The van der Waals surface area contributed by atoms with Crippen molar-refractivity contribution in [3.8, 4) is 22.8 Å². The molecule has 0 amide bonds. The fourth-order valence-electron chi connectivity index (χ4n) is 2.49. The van der Waals surface area contributed by atoms with Crippen LogP contribution in [0.15, 0.2) is 59.0 Å². The van der Waals surface area contributed by atoms with Gasteiger partial charge in [-0.05, 0) is 23.8 Å². The predicted molar refractivity (Wildman–Crippen MR) is 101 cm³/mol. The standard InChI is InChI=1S/C19H17N3O2S/c1-2-5-15(6-3-1)16-13-25-19(21-16)22-20-12-14-7-8-17-18(11-14)24-10-4-9-23-17/h1-3,5-8,11-13H,4,9-10H2,(H,21,22). The molecule has 0 atom stereocenters. The summed E-state index contributed by atoms with van der Waals surface area (Å²) in [6.07, 6.45) is 2.64. The first-order valence-corrected chi connectivity index (χ1v) is 8.96. The van der Waals surface area contributed by atoms with Crippen molar-refractivity contribution in [1.29, 1.82) is 0 Å². The van der Waals surface area contributed by atoms with Gasteiger partial charge in [-0.3, -0.25) is 5.43 Å². The van der Waals surface area contributed by atoms with Gasteiger partial charge in [-0.25, -0.2) is 4.98 Å². The van der Waals surface area contributed by atoms with E-state index >= 15 is 0 Å². The molecule has 2 aromatic carbocycles. The molecule has 0 aliphatic carbocycles. The van der Waals surface area contributed by atoms with Gasteiger partial charge in [-0.1, -0.05) is 30.3 Å². The number of benzene rings is 2. The third kappa shape index (κ3) is 3.80. The van der Waals surface area contributed by atoms with Crippen LogP contribution in [0.1, 0.15) is 12.0 Å². The second-order valence-corrected chi connectivity index (χ2v) is 6.39. The second-order valence-electron chi connectivity index (χ2n) is 5.53. The maximum atomic E-state index is 5.69. The van der Waals surface area contributed by atoms with Gasteiger partial charge in [-0.2, -0.15) is 5.10 Å². The van der Waals surface area contributed by atoms with Gasteiger partial charge >= 0.3 is 0 Å². The first-order valence-electron chi connectivity index (χ1n) is 8.08. The summed E-state index contributed by atoms with van der Waals surface area (Å²) in [7, 11) is 0. The van der Waals surface area contributed by atoms with Crippen LogP contribution in [0.3, 0.4) is 0 Å². The van der Waals surface area contributed by atoms with Gasteiger partial charge in [0.05, 0.1) is 25.1 Å². The Labute approximate surface area is 150 Å². The Balaban J connectivity index is 1.43. The maximum Gasteiger partial charge on any atom is 0.203 e. The van der Waals surface area contributed by atoms with E-state index in [4.69, 9.17) is 9.47 Å². The molecule has 3 aromatic rings. The van der Waals surface area contributed by atoms with E-state index in [2.05, 4.69) is 15.5 Å². The number of anilines is 1. The molecule has 0 unspecified atom stereocenters. The van der Waals surface area contributed by atoms with Crippen LogP contribution in [-0.4, -0.2) is 24.4 Å². The lowest BCUT2D eigenvalue weighted by Crippen LogP contribution is -1.97. The predicted octanol–water partition coefficient (Wildman–Crippen LogP) is 4.42. The molecule has 0 spiro atoms. The molecule has 1 N–H and O–H groups in total. The lowest BCUT2D eigenvalue weighted by Gasteiger charge is -2.07. The van der Waals surface area contributed by atoms with Gasteiger partial charge in [0, 0.05) is 17.4 Å². The SMILES string of the molecule is C(=NNc1nc(-c2ccccc2)cs1)c1ccc2c(c1)OCCCO2. The van der Waals surface area contributed by atoms with Crippen LogP contribution in [0, 0.1) is 0 Å². The first kappa shape index (κ1) is 15.7. The van der Waals surface area contributed by atoms with Crippen molar-refractivity contribution in [2.24, 2.45) is 5.10 Å². The molecule has 126 valence electrons. The molecule has 1 aliphatic heterocycles. The normalized spacial score (nSPS) is 13.6. The van der Waals surface area contributed by atoms with Crippen LogP contribution >= 0.6 is 11.3 Å². The smallest absolute Gasteiger partial charge is 0.203 e. The molecular formula is C19H17N3O2S. The highest BCUT2D eigenvalue weighted by atomic mass is 32.1. The second kappa shape index (κ2) is 7.36. The van der Waals surface area contributed by atoms with E-state index in [1.165, 1.54) is 11.3 Å². The largest absolute Gasteiger partial charge is 0.490 e. The number of ether oxygens (including phenoxy) is 2. The maximum absolute atomic E-state index is 5.69. The van der Waals surface area contributed by atoms with E-state index in [0.29, 0.717) is 13.2 Å². The zero-order chi connectivity index (χ0) is 16.9. The average molecular weight is 351 g/mol. The van der Waals surface area contributed by atoms with Gasteiger partial charge in [0.1, 0.15) is 0 Å². The van der Waals surface area contributed by atoms with E-state index in [0.717, 1.165) is 39.9 Å². The molecule has 5 nitrogen and oxygen atoms in total. The third-order valence-electron chi connectivity index (χ3n) is 3.72. The molecule has 0 saturated heterocycles. The molecule has 1 aromatic heterocycles. The fourth-order valence-corrected chi connectivity index (χ4v) is 3.16. The summed E-state index contributed by atoms with van der Waals surface area (Å²) < 4.78 is 11.3. The van der Waals surface area contributed by atoms with Crippen LogP contribution < -0.4 is 14.9 Å². The molecule has 4 rings (SSSR count). The number of hydrogen-bond acceptors (Lipinski definition) is 6. The summed E-state index contributed by atoms with van der Waals surface area (Å²) in [4.78, 5) is 4.54. The van der Waals surface area contributed by atoms with Crippen LogP contribution in [0.2, 0.25) is 0 Å². The average Bonchev–Trinajstić information content (AvgIpc) is 3.00. The molecule has 6 heteroatoms. The van der Waals surface area contributed by atoms with Gasteiger partial charge in [-0.15, -0.1) is 11.3 Å². The Bertz CT molecular complexity index is 877. The lowest BCUT2D eigenvalue weighted by atomic mass is 10.2. The topological polar surface area (TPSA) is 55.7 Å². The number of fused-ring (bicyclic) bond motifs is 1. The number of nitrogens with one attached hydrogen (secondary N) is 1. The molecule has 0 radical (unpaired) electrons. The van der Waals surface area contributed by atoms with Crippen molar-refractivity contribution in [2.45, 2.75) is 6.42 Å². The quantitative estimate of drug-likeness (QED) is 0.558. The van der Waals surface area contributed by atoms with E-state index in [-0.39, 0.29) is 0 Å². The first-order chi connectivity index (χ1) is 12.4. The molecule has 0 fully saturated rings. The van der Waals surface area contributed by atoms with Crippen LogP contribution in [0.4, 0.5) is 5.13 Å². The number of thiazole rings is 1. The zero-order valence-corrected chi connectivity index (χ0v) is 14.3. The fraction of sp³-hybridized carbons (Fsp3) is 0.158. The Hall–Kier alpha value is -2.86. The summed E-state index contributed by atoms with van der Waals surface area (Å²) in [5.74, 6) is 1.55. The van der Waals surface area contributed by atoms with E-state index < -0.39 is 0 Å². The minimum Gasteiger partial charge on any atom is -0.490 e. The minimum absolute atomic E-state index is 0.674. The highest BCUT2D eigenvalue weighted by Gasteiger charge is 2.10. The Kier molecular flexibility index (Phi) is 4.61. The van der Waals surface area contributed by atoms with Crippen molar-refractivity contribution < 1.29 is 9.47 Å². The van der Waals surface area contributed by atoms with Crippen molar-refractivity contribution in [2.75, 3.05) is 18.6 Å². The monoisotopic (exact) mass is 351 g/mol. The summed E-state index contributed by atoms with van der Waals surface area (Å²) in [5.41, 5.74) is 5.96.